The molecule has 0 saturated heterocycles. The van der Waals surface area contributed by atoms with Crippen LogP contribution in [0.5, 0.6) is 0 Å². The predicted molar refractivity (Wildman–Crippen MR) is 62.2 cm³/mol. The van der Waals surface area contributed by atoms with E-state index >= 15 is 0 Å². The van der Waals surface area contributed by atoms with E-state index in [-0.39, 0.29) is 5.82 Å². The van der Waals surface area contributed by atoms with Crippen molar-refractivity contribution < 1.29 is 4.39 Å². The van der Waals surface area contributed by atoms with Gasteiger partial charge >= 0.3 is 0 Å². The van der Waals surface area contributed by atoms with Gasteiger partial charge in [0.05, 0.1) is 0 Å². The smallest absolute Gasteiger partial charge is 0.137 e. The second-order valence-corrected chi connectivity index (χ2v) is 4.45. The summed E-state index contributed by atoms with van der Waals surface area (Å²) in [5.74, 6) is 1.83. The molecule has 0 amide bonds. The second-order valence-electron chi connectivity index (χ2n) is 4.45. The highest BCUT2D eigenvalue weighted by molar-refractivity contribution is 5.20. The summed E-state index contributed by atoms with van der Waals surface area (Å²) >= 11 is 0. The van der Waals surface area contributed by atoms with E-state index < -0.39 is 0 Å². The van der Waals surface area contributed by atoms with Crippen molar-refractivity contribution in [2.75, 3.05) is 0 Å². The van der Waals surface area contributed by atoms with Gasteiger partial charge in [0, 0.05) is 19.4 Å². The van der Waals surface area contributed by atoms with E-state index in [2.05, 4.69) is 14.8 Å². The van der Waals surface area contributed by atoms with Crippen molar-refractivity contribution >= 4 is 0 Å². The zero-order valence-electron chi connectivity index (χ0n) is 9.56. The number of aryl methyl sites for hydroxylation is 1. The van der Waals surface area contributed by atoms with Crippen LogP contribution in [0.2, 0.25) is 0 Å². The SMILES string of the molecule is Fc1cccc(Cc2nnc3n2CCCC3)c1. The third-order valence-corrected chi connectivity index (χ3v) is 3.19. The summed E-state index contributed by atoms with van der Waals surface area (Å²) in [4.78, 5) is 0. The molecular formula is C13H14FN3. The van der Waals surface area contributed by atoms with Gasteiger partial charge in [0.15, 0.2) is 0 Å². The van der Waals surface area contributed by atoms with E-state index in [1.54, 1.807) is 12.1 Å². The molecule has 0 unspecified atom stereocenters. The molecule has 2 heterocycles. The lowest BCUT2D eigenvalue weighted by Crippen LogP contribution is -2.13. The Hall–Kier alpha value is -1.71. The van der Waals surface area contributed by atoms with E-state index in [4.69, 9.17) is 0 Å². The lowest BCUT2D eigenvalue weighted by Gasteiger charge is -2.14. The molecule has 0 spiro atoms. The highest BCUT2D eigenvalue weighted by atomic mass is 19.1. The fourth-order valence-electron chi connectivity index (χ4n) is 2.33. The fraction of sp³-hybridized carbons (Fsp3) is 0.385. The van der Waals surface area contributed by atoms with E-state index in [0.29, 0.717) is 6.42 Å². The van der Waals surface area contributed by atoms with Gasteiger partial charge in [-0.15, -0.1) is 10.2 Å². The predicted octanol–water partition coefficient (Wildman–Crippen LogP) is 2.34. The zero-order valence-corrected chi connectivity index (χ0v) is 9.56. The van der Waals surface area contributed by atoms with Gasteiger partial charge in [0.1, 0.15) is 17.5 Å². The summed E-state index contributed by atoms with van der Waals surface area (Å²) in [6.45, 7) is 0.993. The monoisotopic (exact) mass is 231 g/mol. The van der Waals surface area contributed by atoms with Crippen LogP contribution in [0.15, 0.2) is 24.3 Å². The number of fused-ring (bicyclic) bond motifs is 1. The number of halogens is 1. The molecule has 88 valence electrons. The maximum atomic E-state index is 13.1. The fourth-order valence-corrected chi connectivity index (χ4v) is 2.33. The van der Waals surface area contributed by atoms with Crippen molar-refractivity contribution in [3.8, 4) is 0 Å². The Morgan fingerprint density at radius 1 is 1.24 bits per heavy atom. The number of aromatic nitrogens is 3. The average Bonchev–Trinajstić information content (AvgIpc) is 2.73. The quantitative estimate of drug-likeness (QED) is 0.794. The molecule has 0 saturated carbocycles. The summed E-state index contributed by atoms with van der Waals surface area (Å²) in [7, 11) is 0. The lowest BCUT2D eigenvalue weighted by molar-refractivity contribution is 0.510. The number of rotatable bonds is 2. The minimum atomic E-state index is -0.194. The van der Waals surface area contributed by atoms with E-state index in [0.717, 1.165) is 30.2 Å². The zero-order chi connectivity index (χ0) is 11.7. The van der Waals surface area contributed by atoms with Crippen molar-refractivity contribution in [2.24, 2.45) is 0 Å². The Morgan fingerprint density at radius 3 is 3.06 bits per heavy atom. The molecule has 1 aromatic heterocycles. The largest absolute Gasteiger partial charge is 0.315 e. The van der Waals surface area contributed by atoms with Gasteiger partial charge in [-0.1, -0.05) is 12.1 Å². The van der Waals surface area contributed by atoms with Crippen LogP contribution in [0, 0.1) is 5.82 Å². The van der Waals surface area contributed by atoms with Crippen LogP contribution >= 0.6 is 0 Å². The molecule has 1 aromatic carbocycles. The Morgan fingerprint density at radius 2 is 2.18 bits per heavy atom. The highest BCUT2D eigenvalue weighted by Crippen LogP contribution is 2.16. The van der Waals surface area contributed by atoms with Crippen molar-refractivity contribution in [1.29, 1.82) is 0 Å². The van der Waals surface area contributed by atoms with Gasteiger partial charge in [-0.25, -0.2) is 4.39 Å². The molecule has 0 aliphatic carbocycles. The lowest BCUT2D eigenvalue weighted by atomic mass is 10.1. The molecule has 0 atom stereocenters. The summed E-state index contributed by atoms with van der Waals surface area (Å²) in [5.41, 5.74) is 0.950. The second kappa shape index (κ2) is 4.28. The Bertz CT molecular complexity index is 533. The minimum Gasteiger partial charge on any atom is -0.315 e. The maximum Gasteiger partial charge on any atom is 0.137 e. The molecule has 0 fully saturated rings. The molecule has 3 rings (SSSR count). The van der Waals surface area contributed by atoms with Gasteiger partial charge in [0.2, 0.25) is 0 Å². The molecular weight excluding hydrogens is 217 g/mol. The Kier molecular flexibility index (Phi) is 2.63. The van der Waals surface area contributed by atoms with Gasteiger partial charge in [-0.3, -0.25) is 0 Å². The first-order chi connectivity index (χ1) is 8.33. The topological polar surface area (TPSA) is 30.7 Å². The molecule has 0 N–H and O–H groups in total. The number of nitrogens with zero attached hydrogens (tertiary/aromatic N) is 3. The van der Waals surface area contributed by atoms with Gasteiger partial charge < -0.3 is 4.57 Å². The third kappa shape index (κ3) is 2.07. The number of benzene rings is 1. The molecule has 1 aliphatic rings. The van der Waals surface area contributed by atoms with Crippen LogP contribution in [0.1, 0.15) is 30.1 Å². The average molecular weight is 231 g/mol. The summed E-state index contributed by atoms with van der Waals surface area (Å²) in [6, 6.07) is 6.68. The maximum absolute atomic E-state index is 13.1. The van der Waals surface area contributed by atoms with Gasteiger partial charge in [0.25, 0.3) is 0 Å². The van der Waals surface area contributed by atoms with Crippen LogP contribution in [-0.4, -0.2) is 14.8 Å². The molecule has 17 heavy (non-hydrogen) atoms. The molecule has 1 aliphatic heterocycles. The van der Waals surface area contributed by atoms with Crippen molar-refractivity contribution in [1.82, 2.24) is 14.8 Å². The van der Waals surface area contributed by atoms with Crippen LogP contribution in [0.3, 0.4) is 0 Å². The van der Waals surface area contributed by atoms with Gasteiger partial charge in [-0.05, 0) is 30.5 Å². The normalized spacial score (nSPS) is 14.6. The molecule has 3 nitrogen and oxygen atoms in total. The first kappa shape index (κ1) is 10.4. The van der Waals surface area contributed by atoms with Crippen molar-refractivity contribution in [2.45, 2.75) is 32.2 Å². The summed E-state index contributed by atoms with van der Waals surface area (Å²) in [5, 5.41) is 8.41. The molecule has 0 bridgehead atoms. The Labute approximate surface area is 99.3 Å². The first-order valence-electron chi connectivity index (χ1n) is 5.98. The first-order valence-corrected chi connectivity index (χ1v) is 5.98. The van der Waals surface area contributed by atoms with Crippen LogP contribution in [0.4, 0.5) is 4.39 Å². The standard InChI is InChI=1S/C13H14FN3/c14-11-5-3-4-10(8-11)9-13-16-15-12-6-1-2-7-17(12)13/h3-5,8H,1-2,6-7,9H2. The molecule has 0 radical (unpaired) electrons. The van der Waals surface area contributed by atoms with Crippen molar-refractivity contribution in [3.05, 3.63) is 47.3 Å². The molecule has 2 aromatic rings. The minimum absolute atomic E-state index is 0.194. The summed E-state index contributed by atoms with van der Waals surface area (Å²) in [6.07, 6.45) is 4.04. The van der Waals surface area contributed by atoms with Crippen molar-refractivity contribution in [3.63, 3.8) is 0 Å². The third-order valence-electron chi connectivity index (χ3n) is 3.19. The van der Waals surface area contributed by atoms with Gasteiger partial charge in [-0.2, -0.15) is 0 Å². The van der Waals surface area contributed by atoms with Crippen LogP contribution < -0.4 is 0 Å². The summed E-state index contributed by atoms with van der Waals surface area (Å²) < 4.78 is 15.3. The van der Waals surface area contributed by atoms with E-state index in [1.807, 2.05) is 6.07 Å². The Balaban J connectivity index is 1.88. The number of hydrogen-bond donors (Lipinski definition) is 0. The van der Waals surface area contributed by atoms with E-state index in [9.17, 15) is 4.39 Å². The molecule has 4 heteroatoms. The van der Waals surface area contributed by atoms with E-state index in [1.165, 1.54) is 18.9 Å². The highest BCUT2D eigenvalue weighted by Gasteiger charge is 2.15. The van der Waals surface area contributed by atoms with Crippen LogP contribution in [-0.2, 0) is 19.4 Å². The number of hydrogen-bond acceptors (Lipinski definition) is 2. The van der Waals surface area contributed by atoms with Crippen LogP contribution in [0.25, 0.3) is 0 Å².